The fraction of sp³-hybridized carbons (Fsp3) is 0.467. The molecule has 0 spiro atoms. The molecule has 19 heavy (non-hydrogen) atoms. The quantitative estimate of drug-likeness (QED) is 0.898. The zero-order chi connectivity index (χ0) is 13.4. The summed E-state index contributed by atoms with van der Waals surface area (Å²) in [7, 11) is 0. The number of anilines is 1. The summed E-state index contributed by atoms with van der Waals surface area (Å²) in [4.78, 5) is 8.39. The van der Waals surface area contributed by atoms with Crippen molar-refractivity contribution in [3.63, 3.8) is 0 Å². The van der Waals surface area contributed by atoms with Gasteiger partial charge in [0, 0.05) is 17.8 Å². The highest BCUT2D eigenvalue weighted by atomic mass is 15.1. The van der Waals surface area contributed by atoms with Crippen LogP contribution in [0.15, 0.2) is 30.9 Å². The molecule has 2 aromatic heterocycles. The Hall–Kier alpha value is -1.84. The second-order valence-electron chi connectivity index (χ2n) is 5.64. The van der Waals surface area contributed by atoms with E-state index in [0.29, 0.717) is 17.8 Å². The lowest BCUT2D eigenvalue weighted by Crippen LogP contribution is -2.14. The van der Waals surface area contributed by atoms with Crippen molar-refractivity contribution in [2.75, 3.05) is 5.73 Å². The molecule has 1 saturated carbocycles. The predicted molar refractivity (Wildman–Crippen MR) is 76.5 cm³/mol. The Morgan fingerprint density at radius 2 is 2.16 bits per heavy atom. The predicted octanol–water partition coefficient (Wildman–Crippen LogP) is 3.13. The minimum atomic E-state index is 0.543. The Morgan fingerprint density at radius 1 is 1.32 bits per heavy atom. The zero-order valence-corrected chi connectivity index (χ0v) is 11.5. The van der Waals surface area contributed by atoms with E-state index in [4.69, 9.17) is 5.73 Å². The topological polar surface area (TPSA) is 56.7 Å². The summed E-state index contributed by atoms with van der Waals surface area (Å²) in [6.07, 6.45) is 8.15. The fourth-order valence-corrected chi connectivity index (χ4v) is 3.13. The molecule has 1 fully saturated rings. The summed E-state index contributed by atoms with van der Waals surface area (Å²) in [5, 5.41) is 0. The largest absolute Gasteiger partial charge is 0.384 e. The second-order valence-corrected chi connectivity index (χ2v) is 5.64. The molecule has 0 aromatic carbocycles. The van der Waals surface area contributed by atoms with E-state index < -0.39 is 0 Å². The maximum atomic E-state index is 5.78. The van der Waals surface area contributed by atoms with Crippen LogP contribution < -0.4 is 5.73 Å². The molecule has 2 heterocycles. The summed E-state index contributed by atoms with van der Waals surface area (Å²) in [5.74, 6) is 2.02. The van der Waals surface area contributed by atoms with Crippen LogP contribution in [0.2, 0.25) is 0 Å². The van der Waals surface area contributed by atoms with Crippen LogP contribution in [0.1, 0.15) is 32.7 Å². The standard InChI is InChI=1S/C15H20N4/c1-10-3-4-13(11(10)2)19-9-17-8-14(19)12-5-6-18-15(16)7-12/h5-11,13H,3-4H2,1-2H3,(H2,16,18). The van der Waals surface area contributed by atoms with Gasteiger partial charge in [-0.05, 0) is 36.8 Å². The molecule has 0 saturated heterocycles. The van der Waals surface area contributed by atoms with E-state index in [2.05, 4.69) is 28.4 Å². The van der Waals surface area contributed by atoms with Gasteiger partial charge in [0.15, 0.2) is 0 Å². The van der Waals surface area contributed by atoms with E-state index >= 15 is 0 Å². The minimum absolute atomic E-state index is 0.543. The van der Waals surface area contributed by atoms with E-state index in [0.717, 1.165) is 17.2 Å². The molecule has 0 radical (unpaired) electrons. The maximum absolute atomic E-state index is 5.78. The Bertz CT molecular complexity index is 575. The van der Waals surface area contributed by atoms with Crippen LogP contribution in [0.5, 0.6) is 0 Å². The summed E-state index contributed by atoms with van der Waals surface area (Å²) in [6.45, 7) is 4.68. The number of hydrogen-bond donors (Lipinski definition) is 1. The summed E-state index contributed by atoms with van der Waals surface area (Å²) in [6, 6.07) is 4.45. The van der Waals surface area contributed by atoms with Crippen molar-refractivity contribution in [3.05, 3.63) is 30.9 Å². The highest BCUT2D eigenvalue weighted by Gasteiger charge is 2.31. The van der Waals surface area contributed by atoms with Crippen molar-refractivity contribution in [3.8, 4) is 11.3 Å². The van der Waals surface area contributed by atoms with Crippen molar-refractivity contribution < 1.29 is 0 Å². The van der Waals surface area contributed by atoms with Crippen LogP contribution in [0, 0.1) is 11.8 Å². The summed E-state index contributed by atoms with van der Waals surface area (Å²) >= 11 is 0. The smallest absolute Gasteiger partial charge is 0.123 e. The van der Waals surface area contributed by atoms with Crippen LogP contribution in [-0.4, -0.2) is 14.5 Å². The normalized spacial score (nSPS) is 26.7. The highest BCUT2D eigenvalue weighted by molar-refractivity contribution is 5.61. The van der Waals surface area contributed by atoms with Gasteiger partial charge in [-0.15, -0.1) is 0 Å². The lowest BCUT2D eigenvalue weighted by atomic mass is 9.97. The number of pyridine rings is 1. The monoisotopic (exact) mass is 256 g/mol. The van der Waals surface area contributed by atoms with Gasteiger partial charge in [0.1, 0.15) is 5.82 Å². The van der Waals surface area contributed by atoms with Crippen molar-refractivity contribution >= 4 is 5.82 Å². The molecule has 3 rings (SSSR count). The molecule has 2 aromatic rings. The fourth-order valence-electron chi connectivity index (χ4n) is 3.13. The van der Waals surface area contributed by atoms with E-state index in [-0.39, 0.29) is 0 Å². The Morgan fingerprint density at radius 3 is 2.84 bits per heavy atom. The third kappa shape index (κ3) is 2.11. The lowest BCUT2D eigenvalue weighted by molar-refractivity contribution is 0.355. The van der Waals surface area contributed by atoms with Gasteiger partial charge in [0.25, 0.3) is 0 Å². The first-order valence-electron chi connectivity index (χ1n) is 6.90. The van der Waals surface area contributed by atoms with Crippen LogP contribution in [0.3, 0.4) is 0 Å². The molecule has 0 bridgehead atoms. The van der Waals surface area contributed by atoms with Crippen LogP contribution in [0.25, 0.3) is 11.3 Å². The van der Waals surface area contributed by atoms with Crippen LogP contribution >= 0.6 is 0 Å². The molecule has 2 N–H and O–H groups in total. The first-order chi connectivity index (χ1) is 9.16. The number of nitrogens with zero attached hydrogens (tertiary/aromatic N) is 3. The molecule has 3 atom stereocenters. The first kappa shape index (κ1) is 12.2. The molecule has 3 unspecified atom stereocenters. The Labute approximate surface area is 113 Å². The number of nitrogen functional groups attached to an aromatic ring is 1. The average molecular weight is 256 g/mol. The van der Waals surface area contributed by atoms with Crippen molar-refractivity contribution in [1.82, 2.24) is 14.5 Å². The van der Waals surface area contributed by atoms with E-state index in [1.165, 1.54) is 12.8 Å². The molecule has 4 nitrogen and oxygen atoms in total. The molecule has 4 heteroatoms. The van der Waals surface area contributed by atoms with E-state index in [1.807, 2.05) is 24.7 Å². The molecule has 0 amide bonds. The SMILES string of the molecule is CC1CCC(n2cncc2-c2ccnc(N)c2)C1C. The van der Waals surface area contributed by atoms with Gasteiger partial charge in [-0.25, -0.2) is 9.97 Å². The van der Waals surface area contributed by atoms with Gasteiger partial charge >= 0.3 is 0 Å². The molecular weight excluding hydrogens is 236 g/mol. The summed E-state index contributed by atoms with van der Waals surface area (Å²) in [5.41, 5.74) is 8.01. The molecule has 0 aliphatic heterocycles. The zero-order valence-electron chi connectivity index (χ0n) is 11.5. The third-order valence-corrected chi connectivity index (χ3v) is 4.52. The molecule has 1 aliphatic carbocycles. The Balaban J connectivity index is 1.99. The molecule has 1 aliphatic rings. The van der Waals surface area contributed by atoms with Gasteiger partial charge in [0.05, 0.1) is 18.2 Å². The van der Waals surface area contributed by atoms with E-state index in [1.54, 1.807) is 6.20 Å². The number of aromatic nitrogens is 3. The van der Waals surface area contributed by atoms with Crippen molar-refractivity contribution in [1.29, 1.82) is 0 Å². The minimum Gasteiger partial charge on any atom is -0.384 e. The van der Waals surface area contributed by atoms with Gasteiger partial charge in [-0.2, -0.15) is 0 Å². The molecule has 100 valence electrons. The van der Waals surface area contributed by atoms with Crippen LogP contribution in [-0.2, 0) is 0 Å². The second kappa shape index (κ2) is 4.68. The van der Waals surface area contributed by atoms with E-state index in [9.17, 15) is 0 Å². The number of hydrogen-bond acceptors (Lipinski definition) is 3. The van der Waals surface area contributed by atoms with Gasteiger partial charge < -0.3 is 10.3 Å². The average Bonchev–Trinajstić information content (AvgIpc) is 2.98. The highest BCUT2D eigenvalue weighted by Crippen LogP contribution is 2.41. The number of nitrogens with two attached hydrogens (primary N) is 1. The lowest BCUT2D eigenvalue weighted by Gasteiger charge is -2.22. The first-order valence-corrected chi connectivity index (χ1v) is 6.90. The van der Waals surface area contributed by atoms with Gasteiger partial charge in [-0.1, -0.05) is 13.8 Å². The summed E-state index contributed by atoms with van der Waals surface area (Å²) < 4.78 is 2.31. The van der Waals surface area contributed by atoms with Crippen molar-refractivity contribution in [2.24, 2.45) is 11.8 Å². The van der Waals surface area contributed by atoms with Crippen LogP contribution in [0.4, 0.5) is 5.82 Å². The Kier molecular flexibility index (Phi) is 3.01. The van der Waals surface area contributed by atoms with Gasteiger partial charge in [-0.3, -0.25) is 0 Å². The maximum Gasteiger partial charge on any atom is 0.123 e. The van der Waals surface area contributed by atoms with Gasteiger partial charge in [0.2, 0.25) is 0 Å². The number of imidazole rings is 1. The molecular formula is C15H20N4. The number of rotatable bonds is 2. The van der Waals surface area contributed by atoms with Crippen molar-refractivity contribution in [2.45, 2.75) is 32.7 Å². The third-order valence-electron chi connectivity index (χ3n) is 4.52.